The Morgan fingerprint density at radius 1 is 0.964 bits per heavy atom. The number of hydrogen-bond acceptors (Lipinski definition) is 7. The molecule has 0 spiro atoms. The molecule has 7 nitrogen and oxygen atoms in total. The number of esters is 1. The van der Waals surface area contributed by atoms with Crippen LogP contribution in [0.25, 0.3) is 11.4 Å². The Balaban J connectivity index is 1.91. The van der Waals surface area contributed by atoms with E-state index in [1.165, 1.54) is 7.11 Å². The number of aromatic nitrogens is 2. The van der Waals surface area contributed by atoms with Crippen molar-refractivity contribution in [1.82, 2.24) is 9.97 Å². The largest absolute Gasteiger partial charge is 0.465 e. The number of nitrogens with one attached hydrogen (secondary N) is 2. The molecule has 3 aromatic rings. The van der Waals surface area contributed by atoms with Gasteiger partial charge in [-0.05, 0) is 18.2 Å². The van der Waals surface area contributed by atoms with E-state index >= 15 is 0 Å². The minimum Gasteiger partial charge on any atom is -0.465 e. The van der Waals surface area contributed by atoms with Crippen molar-refractivity contribution in [3.8, 4) is 11.4 Å². The molecule has 7 heteroatoms. The van der Waals surface area contributed by atoms with Crippen molar-refractivity contribution in [1.29, 1.82) is 0 Å². The van der Waals surface area contributed by atoms with Crippen molar-refractivity contribution in [2.75, 3.05) is 38.0 Å². The van der Waals surface area contributed by atoms with Gasteiger partial charge in [0.1, 0.15) is 11.6 Å². The van der Waals surface area contributed by atoms with Gasteiger partial charge in [-0.3, -0.25) is 0 Å². The normalized spacial score (nSPS) is 10.4. The maximum Gasteiger partial charge on any atom is 0.337 e. The molecule has 0 amide bonds. The lowest BCUT2D eigenvalue weighted by molar-refractivity contribution is 0.0601. The van der Waals surface area contributed by atoms with Gasteiger partial charge in [-0.25, -0.2) is 14.8 Å². The summed E-state index contributed by atoms with van der Waals surface area (Å²) < 4.78 is 9.86. The van der Waals surface area contributed by atoms with Gasteiger partial charge in [0.05, 0.1) is 19.3 Å². The number of benzene rings is 2. The van der Waals surface area contributed by atoms with E-state index in [1.54, 1.807) is 25.3 Å². The van der Waals surface area contributed by atoms with E-state index in [0.717, 1.165) is 11.3 Å². The van der Waals surface area contributed by atoms with Crippen LogP contribution in [0.5, 0.6) is 0 Å². The number of methoxy groups -OCH3 is 2. The third kappa shape index (κ3) is 5.05. The van der Waals surface area contributed by atoms with Crippen LogP contribution in [-0.2, 0) is 9.47 Å². The molecular weight excluding hydrogens is 356 g/mol. The molecule has 0 bridgehead atoms. The highest BCUT2D eigenvalue weighted by Gasteiger charge is 2.09. The number of hydrogen-bond donors (Lipinski definition) is 2. The van der Waals surface area contributed by atoms with Crippen LogP contribution in [0.4, 0.5) is 17.3 Å². The van der Waals surface area contributed by atoms with Crippen molar-refractivity contribution in [2.45, 2.75) is 0 Å². The average Bonchev–Trinajstić information content (AvgIpc) is 2.74. The molecule has 3 rings (SSSR count). The lowest BCUT2D eigenvalue weighted by atomic mass is 10.2. The van der Waals surface area contributed by atoms with E-state index in [9.17, 15) is 4.79 Å². The maximum atomic E-state index is 11.8. The second-order valence-corrected chi connectivity index (χ2v) is 5.95. The highest BCUT2D eigenvalue weighted by Crippen LogP contribution is 2.23. The van der Waals surface area contributed by atoms with E-state index in [-0.39, 0.29) is 0 Å². The summed E-state index contributed by atoms with van der Waals surface area (Å²) in [6.07, 6.45) is 0. The molecule has 1 heterocycles. The summed E-state index contributed by atoms with van der Waals surface area (Å²) in [6, 6.07) is 18.6. The van der Waals surface area contributed by atoms with Gasteiger partial charge in [0, 0.05) is 31.0 Å². The Morgan fingerprint density at radius 3 is 2.50 bits per heavy atom. The Labute approximate surface area is 163 Å². The zero-order valence-corrected chi connectivity index (χ0v) is 15.8. The fraction of sp³-hybridized carbons (Fsp3) is 0.190. The maximum absolute atomic E-state index is 11.8. The predicted molar refractivity (Wildman–Crippen MR) is 109 cm³/mol. The lowest BCUT2D eigenvalue weighted by Crippen LogP contribution is -2.10. The fourth-order valence-electron chi connectivity index (χ4n) is 2.59. The molecule has 0 radical (unpaired) electrons. The Kier molecular flexibility index (Phi) is 6.54. The minimum absolute atomic E-state index is 0.391. The van der Waals surface area contributed by atoms with Crippen LogP contribution in [0.15, 0.2) is 60.7 Å². The lowest BCUT2D eigenvalue weighted by Gasteiger charge is -2.12. The van der Waals surface area contributed by atoms with Crippen LogP contribution in [-0.4, -0.2) is 43.3 Å². The average molecular weight is 378 g/mol. The third-order valence-electron chi connectivity index (χ3n) is 3.93. The molecule has 0 aliphatic heterocycles. The van der Waals surface area contributed by atoms with Gasteiger partial charge in [-0.1, -0.05) is 36.4 Å². The fourth-order valence-corrected chi connectivity index (χ4v) is 2.59. The van der Waals surface area contributed by atoms with Gasteiger partial charge < -0.3 is 20.1 Å². The Hall–Kier alpha value is -3.45. The summed E-state index contributed by atoms with van der Waals surface area (Å²) in [5, 5.41) is 6.46. The molecule has 144 valence electrons. The number of anilines is 3. The summed E-state index contributed by atoms with van der Waals surface area (Å²) in [7, 11) is 3.01. The SMILES string of the molecule is COCCNc1cc(Nc2cccc(C(=O)OC)c2)nc(-c2ccccc2)n1. The van der Waals surface area contributed by atoms with Crippen LogP contribution in [0.3, 0.4) is 0 Å². The zero-order chi connectivity index (χ0) is 19.8. The first kappa shape index (κ1) is 19.3. The first-order valence-electron chi connectivity index (χ1n) is 8.82. The molecule has 0 aliphatic carbocycles. The van der Waals surface area contributed by atoms with Crippen LogP contribution in [0.2, 0.25) is 0 Å². The van der Waals surface area contributed by atoms with Crippen LogP contribution in [0.1, 0.15) is 10.4 Å². The van der Waals surface area contributed by atoms with Crippen molar-refractivity contribution in [2.24, 2.45) is 0 Å². The molecule has 2 N–H and O–H groups in total. The molecule has 0 aliphatic rings. The van der Waals surface area contributed by atoms with Gasteiger partial charge in [0.25, 0.3) is 0 Å². The quantitative estimate of drug-likeness (QED) is 0.456. The van der Waals surface area contributed by atoms with E-state index < -0.39 is 5.97 Å². The Morgan fingerprint density at radius 2 is 1.75 bits per heavy atom. The second kappa shape index (κ2) is 9.48. The number of rotatable bonds is 8. The predicted octanol–water partition coefficient (Wildman–Crippen LogP) is 3.73. The summed E-state index contributed by atoms with van der Waals surface area (Å²) in [5.74, 6) is 1.49. The number of carbonyl (C=O) groups excluding carboxylic acids is 1. The molecule has 1 aromatic heterocycles. The van der Waals surface area contributed by atoms with E-state index in [2.05, 4.69) is 20.6 Å². The van der Waals surface area contributed by atoms with Crippen LogP contribution in [0, 0.1) is 0 Å². The monoisotopic (exact) mass is 378 g/mol. The third-order valence-corrected chi connectivity index (χ3v) is 3.93. The number of carbonyl (C=O) groups is 1. The second-order valence-electron chi connectivity index (χ2n) is 5.95. The van der Waals surface area contributed by atoms with Gasteiger partial charge in [0.15, 0.2) is 5.82 Å². The zero-order valence-electron chi connectivity index (χ0n) is 15.8. The van der Waals surface area contributed by atoms with Gasteiger partial charge in [-0.15, -0.1) is 0 Å². The molecular formula is C21H22N4O3. The van der Waals surface area contributed by atoms with Crippen molar-refractivity contribution in [3.63, 3.8) is 0 Å². The van der Waals surface area contributed by atoms with Crippen molar-refractivity contribution in [3.05, 3.63) is 66.2 Å². The topological polar surface area (TPSA) is 85.4 Å². The molecule has 0 atom stereocenters. The summed E-state index contributed by atoms with van der Waals surface area (Å²) in [4.78, 5) is 21.0. The molecule has 0 saturated heterocycles. The van der Waals surface area contributed by atoms with Gasteiger partial charge in [-0.2, -0.15) is 0 Å². The molecule has 0 fully saturated rings. The van der Waals surface area contributed by atoms with Gasteiger partial charge >= 0.3 is 5.97 Å². The van der Waals surface area contributed by atoms with Crippen molar-refractivity contribution >= 4 is 23.3 Å². The van der Waals surface area contributed by atoms with Crippen molar-refractivity contribution < 1.29 is 14.3 Å². The summed E-state index contributed by atoms with van der Waals surface area (Å²) in [6.45, 7) is 1.19. The molecule has 0 unspecified atom stereocenters. The molecule has 0 saturated carbocycles. The molecule has 28 heavy (non-hydrogen) atoms. The molecule has 2 aromatic carbocycles. The number of nitrogens with zero attached hydrogens (tertiary/aromatic N) is 2. The first-order valence-corrected chi connectivity index (χ1v) is 8.82. The highest BCUT2D eigenvalue weighted by molar-refractivity contribution is 5.90. The first-order chi connectivity index (χ1) is 13.7. The van der Waals surface area contributed by atoms with Crippen LogP contribution >= 0.6 is 0 Å². The number of ether oxygens (including phenoxy) is 2. The van der Waals surface area contributed by atoms with E-state index in [1.807, 2.05) is 42.5 Å². The van der Waals surface area contributed by atoms with E-state index in [0.29, 0.717) is 36.2 Å². The van der Waals surface area contributed by atoms with Crippen LogP contribution < -0.4 is 10.6 Å². The highest BCUT2D eigenvalue weighted by atomic mass is 16.5. The smallest absolute Gasteiger partial charge is 0.337 e. The Bertz CT molecular complexity index is 932. The minimum atomic E-state index is -0.391. The standard InChI is InChI=1S/C21H22N4O3/c1-27-12-11-22-18-14-19(25-20(24-18)15-7-4-3-5-8-15)23-17-10-6-9-16(13-17)21(26)28-2/h3-10,13-14H,11-12H2,1-2H3,(H2,22,23,24,25). The van der Waals surface area contributed by atoms with E-state index in [4.69, 9.17) is 9.47 Å². The summed E-state index contributed by atoms with van der Waals surface area (Å²) >= 11 is 0. The van der Waals surface area contributed by atoms with Gasteiger partial charge in [0.2, 0.25) is 0 Å². The summed E-state index contributed by atoms with van der Waals surface area (Å²) in [5.41, 5.74) is 2.09.